The highest BCUT2D eigenvalue weighted by Gasteiger charge is 2.53. The van der Waals surface area contributed by atoms with E-state index in [1.807, 2.05) is 24.8 Å². The largest absolute Gasteiger partial charge is 0.336 e. The summed E-state index contributed by atoms with van der Waals surface area (Å²) in [4.78, 5) is 14.5. The Balaban J connectivity index is 1.52. The average molecular weight is 335 g/mol. The minimum atomic E-state index is 0.0728. The van der Waals surface area contributed by atoms with Gasteiger partial charge in [-0.25, -0.2) is 4.79 Å². The number of hydrogen-bond donors (Lipinski definition) is 2. The van der Waals surface area contributed by atoms with Gasteiger partial charge in [-0.2, -0.15) is 0 Å². The first-order chi connectivity index (χ1) is 12.1. The van der Waals surface area contributed by atoms with Gasteiger partial charge in [-0.1, -0.05) is 54.6 Å². The lowest BCUT2D eigenvalue weighted by Crippen LogP contribution is -2.75. The minimum absolute atomic E-state index is 0.0728. The molecule has 0 radical (unpaired) electrons. The summed E-state index contributed by atoms with van der Waals surface area (Å²) in [7, 11) is 0. The molecule has 2 amide bonds. The average Bonchev–Trinajstić information content (AvgIpc) is 2.63. The van der Waals surface area contributed by atoms with Gasteiger partial charge < -0.3 is 15.5 Å². The maximum Gasteiger partial charge on any atom is 0.318 e. The van der Waals surface area contributed by atoms with Crippen molar-refractivity contribution in [3.8, 4) is 11.1 Å². The van der Waals surface area contributed by atoms with Crippen molar-refractivity contribution >= 4 is 6.03 Å². The quantitative estimate of drug-likeness (QED) is 0.905. The van der Waals surface area contributed by atoms with Gasteiger partial charge in [0, 0.05) is 25.0 Å². The first-order valence-corrected chi connectivity index (χ1v) is 9.10. The standard InChI is InChI=1S/C21H25N3O/c1-14(2)23-21(25)24-18-12-22-13-19(24)20(18)17-10-8-16(9-11-17)15-6-4-3-5-7-15/h3-11,14,18-20,22H,12-13H2,1-2H3,(H,23,25)/t18-,19+,20?. The molecule has 2 saturated heterocycles. The Bertz CT molecular complexity index is 729. The van der Waals surface area contributed by atoms with Crippen LogP contribution in [0.1, 0.15) is 25.3 Å². The molecule has 2 bridgehead atoms. The predicted molar refractivity (Wildman–Crippen MR) is 101 cm³/mol. The molecule has 2 fully saturated rings. The van der Waals surface area contributed by atoms with E-state index in [0.717, 1.165) is 13.1 Å². The molecule has 2 N–H and O–H groups in total. The molecule has 0 spiro atoms. The summed E-state index contributed by atoms with van der Waals surface area (Å²) in [6.45, 7) is 5.75. The summed E-state index contributed by atoms with van der Waals surface area (Å²) in [5.74, 6) is 0.434. The lowest BCUT2D eigenvalue weighted by Gasteiger charge is -2.59. The van der Waals surface area contributed by atoms with Gasteiger partial charge in [0.2, 0.25) is 0 Å². The maximum atomic E-state index is 12.5. The van der Waals surface area contributed by atoms with Crippen LogP contribution in [0.5, 0.6) is 0 Å². The highest BCUT2D eigenvalue weighted by atomic mass is 16.2. The van der Waals surface area contributed by atoms with Crippen molar-refractivity contribution in [2.75, 3.05) is 13.1 Å². The molecule has 1 unspecified atom stereocenters. The van der Waals surface area contributed by atoms with Crippen LogP contribution in [-0.4, -0.2) is 42.1 Å². The van der Waals surface area contributed by atoms with E-state index < -0.39 is 0 Å². The highest BCUT2D eigenvalue weighted by molar-refractivity contribution is 5.77. The van der Waals surface area contributed by atoms with Gasteiger partial charge in [0.05, 0.1) is 12.1 Å². The fourth-order valence-corrected chi connectivity index (χ4v) is 4.17. The predicted octanol–water partition coefficient (Wildman–Crippen LogP) is 3.21. The van der Waals surface area contributed by atoms with Crippen LogP contribution in [0.4, 0.5) is 4.79 Å². The number of rotatable bonds is 3. The van der Waals surface area contributed by atoms with Crippen molar-refractivity contribution in [2.45, 2.75) is 37.9 Å². The summed E-state index contributed by atoms with van der Waals surface area (Å²) in [6, 6.07) is 20.0. The number of amides is 2. The fourth-order valence-electron chi connectivity index (χ4n) is 4.17. The van der Waals surface area contributed by atoms with Gasteiger partial charge >= 0.3 is 6.03 Å². The van der Waals surface area contributed by atoms with Crippen LogP contribution in [0.2, 0.25) is 0 Å². The molecule has 130 valence electrons. The third kappa shape index (κ3) is 2.91. The third-order valence-electron chi connectivity index (χ3n) is 5.30. The van der Waals surface area contributed by atoms with Gasteiger partial charge in [0.15, 0.2) is 0 Å². The number of benzene rings is 2. The van der Waals surface area contributed by atoms with Gasteiger partial charge in [0.25, 0.3) is 0 Å². The zero-order chi connectivity index (χ0) is 17.4. The van der Waals surface area contributed by atoms with Crippen molar-refractivity contribution in [3.05, 3.63) is 60.2 Å². The van der Waals surface area contributed by atoms with Gasteiger partial charge in [-0.15, -0.1) is 0 Å². The number of piperazine rings is 1. The molecule has 0 aliphatic carbocycles. The van der Waals surface area contributed by atoms with E-state index in [1.54, 1.807) is 0 Å². The first-order valence-electron chi connectivity index (χ1n) is 9.10. The van der Waals surface area contributed by atoms with Crippen LogP contribution in [0.3, 0.4) is 0 Å². The van der Waals surface area contributed by atoms with Crippen molar-refractivity contribution in [2.24, 2.45) is 0 Å². The molecule has 4 nitrogen and oxygen atoms in total. The Morgan fingerprint density at radius 1 is 1.00 bits per heavy atom. The molecule has 4 heteroatoms. The number of carbonyl (C=O) groups excluding carboxylic acids is 1. The topological polar surface area (TPSA) is 44.4 Å². The third-order valence-corrected chi connectivity index (χ3v) is 5.30. The molecule has 2 aliphatic heterocycles. The summed E-state index contributed by atoms with van der Waals surface area (Å²) < 4.78 is 0. The normalized spacial score (nSPS) is 24.8. The fraction of sp³-hybridized carbons (Fsp3) is 0.381. The van der Waals surface area contributed by atoms with E-state index in [1.165, 1.54) is 16.7 Å². The van der Waals surface area contributed by atoms with Crippen molar-refractivity contribution in [3.63, 3.8) is 0 Å². The Kier molecular flexibility index (Phi) is 4.22. The van der Waals surface area contributed by atoms with E-state index in [2.05, 4.69) is 59.2 Å². The number of urea groups is 1. The molecule has 0 saturated carbocycles. The second-order valence-electron chi connectivity index (χ2n) is 7.32. The monoisotopic (exact) mass is 335 g/mol. The smallest absolute Gasteiger partial charge is 0.318 e. The number of piperidine rings is 1. The van der Waals surface area contributed by atoms with E-state index in [0.29, 0.717) is 5.92 Å². The van der Waals surface area contributed by atoms with Crippen LogP contribution in [0.15, 0.2) is 54.6 Å². The number of nitrogens with one attached hydrogen (secondary N) is 2. The second-order valence-corrected chi connectivity index (χ2v) is 7.32. The lowest BCUT2D eigenvalue weighted by molar-refractivity contribution is -0.00413. The molecule has 2 aliphatic rings. The summed E-state index contributed by atoms with van der Waals surface area (Å²) in [5, 5.41) is 6.47. The van der Waals surface area contributed by atoms with Gasteiger partial charge in [-0.05, 0) is 30.5 Å². The lowest BCUT2D eigenvalue weighted by atomic mass is 9.72. The molecule has 3 atom stereocenters. The van der Waals surface area contributed by atoms with Crippen molar-refractivity contribution < 1.29 is 4.79 Å². The molecule has 2 aromatic rings. The van der Waals surface area contributed by atoms with E-state index in [4.69, 9.17) is 0 Å². The molecule has 25 heavy (non-hydrogen) atoms. The van der Waals surface area contributed by atoms with Crippen LogP contribution in [0.25, 0.3) is 11.1 Å². The first kappa shape index (κ1) is 16.2. The van der Waals surface area contributed by atoms with E-state index in [9.17, 15) is 4.79 Å². The van der Waals surface area contributed by atoms with Gasteiger partial charge in [0.1, 0.15) is 0 Å². The number of nitrogens with zero attached hydrogens (tertiary/aromatic N) is 1. The Hall–Kier alpha value is -2.33. The van der Waals surface area contributed by atoms with Crippen LogP contribution in [-0.2, 0) is 0 Å². The maximum absolute atomic E-state index is 12.5. The molecule has 2 aromatic carbocycles. The molecular formula is C21H25N3O. The highest BCUT2D eigenvalue weighted by Crippen LogP contribution is 2.42. The second kappa shape index (κ2) is 6.52. The zero-order valence-corrected chi connectivity index (χ0v) is 14.8. The van der Waals surface area contributed by atoms with E-state index >= 15 is 0 Å². The summed E-state index contributed by atoms with van der Waals surface area (Å²) in [5.41, 5.74) is 3.81. The number of fused-ring (bicyclic) bond motifs is 2. The number of hydrogen-bond acceptors (Lipinski definition) is 2. The van der Waals surface area contributed by atoms with Crippen molar-refractivity contribution in [1.82, 2.24) is 15.5 Å². The van der Waals surface area contributed by atoms with Gasteiger partial charge in [-0.3, -0.25) is 0 Å². The Morgan fingerprint density at radius 2 is 1.60 bits per heavy atom. The number of carbonyl (C=O) groups is 1. The van der Waals surface area contributed by atoms with Crippen LogP contribution >= 0.6 is 0 Å². The summed E-state index contributed by atoms with van der Waals surface area (Å²) >= 11 is 0. The molecule has 0 aromatic heterocycles. The molecular weight excluding hydrogens is 310 g/mol. The SMILES string of the molecule is CC(C)NC(=O)N1[C@@H]2CNC[C@H]1C2c1ccc(-c2ccccc2)cc1. The molecule has 2 heterocycles. The van der Waals surface area contributed by atoms with Crippen molar-refractivity contribution in [1.29, 1.82) is 0 Å². The minimum Gasteiger partial charge on any atom is -0.336 e. The van der Waals surface area contributed by atoms with E-state index in [-0.39, 0.29) is 24.2 Å². The Labute approximate surface area is 149 Å². The van der Waals surface area contributed by atoms with Crippen LogP contribution in [0, 0.1) is 0 Å². The Morgan fingerprint density at radius 3 is 2.20 bits per heavy atom. The molecule has 4 rings (SSSR count). The summed E-state index contributed by atoms with van der Waals surface area (Å²) in [6.07, 6.45) is 0. The zero-order valence-electron chi connectivity index (χ0n) is 14.8. The van der Waals surface area contributed by atoms with Crippen LogP contribution < -0.4 is 10.6 Å².